The topological polar surface area (TPSA) is 119 Å². The molecule has 194 valence electrons. The minimum absolute atomic E-state index is 0.427. The van der Waals surface area contributed by atoms with Crippen LogP contribution in [0.3, 0.4) is 0 Å². The number of nitrogens with zero attached hydrogens (tertiary/aromatic N) is 6. The first-order valence-electron chi connectivity index (χ1n) is 12.2. The minimum Gasteiger partial charge on any atom is -0.378 e. The number of aromatic amines is 1. The average Bonchev–Trinajstić information content (AvgIpc) is 3.53. The molecule has 2 aliphatic rings. The van der Waals surface area contributed by atoms with Crippen molar-refractivity contribution in [2.75, 3.05) is 74.0 Å². The van der Waals surface area contributed by atoms with Gasteiger partial charge >= 0.3 is 0 Å². The van der Waals surface area contributed by atoms with E-state index in [-0.39, 0.29) is 0 Å². The van der Waals surface area contributed by atoms with Crippen molar-refractivity contribution in [2.45, 2.75) is 0 Å². The molecule has 0 bridgehead atoms. The Morgan fingerprint density at radius 3 is 2.65 bits per heavy atom. The number of sulfonamides is 1. The molecular weight excluding hydrogens is 512 g/mol. The van der Waals surface area contributed by atoms with E-state index in [1.807, 2.05) is 24.4 Å². The van der Waals surface area contributed by atoms with Crippen LogP contribution in [-0.2, 0) is 14.8 Å². The lowest BCUT2D eigenvalue weighted by Crippen LogP contribution is -2.48. The van der Waals surface area contributed by atoms with Crippen molar-refractivity contribution in [1.82, 2.24) is 19.3 Å². The van der Waals surface area contributed by atoms with Gasteiger partial charge in [-0.05, 0) is 12.1 Å². The van der Waals surface area contributed by atoms with E-state index in [4.69, 9.17) is 14.7 Å². The Bertz CT molecular complexity index is 1550. The second-order valence-electron chi connectivity index (χ2n) is 9.08. The van der Waals surface area contributed by atoms with Crippen molar-refractivity contribution in [2.24, 2.45) is 5.10 Å². The molecule has 0 saturated carbocycles. The van der Waals surface area contributed by atoms with Crippen molar-refractivity contribution in [3.8, 4) is 0 Å². The molecule has 0 aliphatic carbocycles. The highest BCUT2D eigenvalue weighted by atomic mass is 32.2. The van der Waals surface area contributed by atoms with Crippen LogP contribution >= 0.6 is 11.3 Å². The number of aromatic nitrogens is 3. The zero-order valence-corrected chi connectivity index (χ0v) is 22.1. The summed E-state index contributed by atoms with van der Waals surface area (Å²) in [5, 5.41) is 6.58. The van der Waals surface area contributed by atoms with Crippen molar-refractivity contribution >= 4 is 65.5 Å². The molecule has 37 heavy (non-hydrogen) atoms. The Hall–Kier alpha value is -3.26. The lowest BCUT2D eigenvalue weighted by Gasteiger charge is -2.33. The Morgan fingerprint density at radius 1 is 1.08 bits per heavy atom. The van der Waals surface area contributed by atoms with Gasteiger partial charge in [0.1, 0.15) is 0 Å². The lowest BCUT2D eigenvalue weighted by molar-refractivity contribution is 0.122. The molecule has 2 saturated heterocycles. The lowest BCUT2D eigenvalue weighted by atomic mass is 10.2. The molecule has 6 rings (SSSR count). The third kappa shape index (κ3) is 4.99. The van der Waals surface area contributed by atoms with Gasteiger partial charge in [0.2, 0.25) is 16.0 Å². The molecule has 2 aliphatic heterocycles. The molecule has 2 fully saturated rings. The van der Waals surface area contributed by atoms with E-state index in [1.54, 1.807) is 17.6 Å². The summed E-state index contributed by atoms with van der Waals surface area (Å²) in [4.78, 5) is 17.3. The Labute approximate surface area is 218 Å². The molecular formula is C24H28N8O3S2. The van der Waals surface area contributed by atoms with Crippen LogP contribution in [0.15, 0.2) is 41.6 Å². The molecule has 0 atom stereocenters. The molecule has 11 nitrogen and oxygen atoms in total. The smallest absolute Gasteiger partial charge is 0.246 e. The van der Waals surface area contributed by atoms with Gasteiger partial charge in [0.25, 0.3) is 0 Å². The summed E-state index contributed by atoms with van der Waals surface area (Å²) < 4.78 is 31.9. The third-order valence-corrected chi connectivity index (χ3v) is 9.14. The molecule has 13 heteroatoms. The molecule has 0 spiro atoms. The number of hydrogen-bond donors (Lipinski definition) is 2. The average molecular weight is 541 g/mol. The zero-order chi connectivity index (χ0) is 25.4. The summed E-state index contributed by atoms with van der Waals surface area (Å²) in [5.41, 5.74) is 5.89. The summed E-state index contributed by atoms with van der Waals surface area (Å²) >= 11 is 1.64. The maximum Gasteiger partial charge on any atom is 0.246 e. The van der Waals surface area contributed by atoms with E-state index >= 15 is 0 Å². The molecule has 3 aromatic heterocycles. The van der Waals surface area contributed by atoms with Gasteiger partial charge in [-0.2, -0.15) is 14.4 Å². The highest BCUT2D eigenvalue weighted by Crippen LogP contribution is 2.38. The van der Waals surface area contributed by atoms with Crippen LogP contribution < -0.4 is 15.2 Å². The van der Waals surface area contributed by atoms with Gasteiger partial charge in [-0.1, -0.05) is 18.2 Å². The monoisotopic (exact) mass is 540 g/mol. The fourth-order valence-corrected chi connectivity index (χ4v) is 6.69. The first-order valence-corrected chi connectivity index (χ1v) is 14.8. The number of benzene rings is 1. The van der Waals surface area contributed by atoms with E-state index in [2.05, 4.69) is 37.4 Å². The highest BCUT2D eigenvalue weighted by Gasteiger charge is 2.26. The van der Waals surface area contributed by atoms with Gasteiger partial charge in [0, 0.05) is 61.9 Å². The van der Waals surface area contributed by atoms with Crippen LogP contribution in [0.1, 0.15) is 5.56 Å². The number of nitrogens with one attached hydrogen (secondary N) is 2. The molecule has 0 amide bonds. The number of morpholine rings is 1. The fourth-order valence-electron chi connectivity index (χ4n) is 4.70. The molecule has 1 aromatic carbocycles. The van der Waals surface area contributed by atoms with Gasteiger partial charge in [0.15, 0.2) is 5.82 Å². The Kier molecular flexibility index (Phi) is 6.44. The zero-order valence-electron chi connectivity index (χ0n) is 20.4. The second kappa shape index (κ2) is 9.89. The van der Waals surface area contributed by atoms with Crippen molar-refractivity contribution in [1.29, 1.82) is 0 Å². The Morgan fingerprint density at radius 2 is 1.86 bits per heavy atom. The van der Waals surface area contributed by atoms with E-state index in [0.29, 0.717) is 45.3 Å². The number of hydrazone groups is 1. The van der Waals surface area contributed by atoms with Crippen LogP contribution in [-0.4, -0.2) is 92.6 Å². The van der Waals surface area contributed by atoms with Gasteiger partial charge < -0.3 is 19.5 Å². The number of fused-ring (bicyclic) bond motifs is 2. The van der Waals surface area contributed by atoms with Crippen molar-refractivity contribution in [3.63, 3.8) is 0 Å². The number of H-pyrrole nitrogens is 1. The van der Waals surface area contributed by atoms with Gasteiger partial charge in [-0.15, -0.1) is 11.3 Å². The van der Waals surface area contributed by atoms with E-state index < -0.39 is 10.0 Å². The number of piperazine rings is 1. The summed E-state index contributed by atoms with van der Waals surface area (Å²) in [6.45, 7) is 5.04. The van der Waals surface area contributed by atoms with Crippen molar-refractivity contribution in [3.05, 3.63) is 42.1 Å². The van der Waals surface area contributed by atoms with E-state index in [0.717, 1.165) is 50.6 Å². The van der Waals surface area contributed by atoms with Gasteiger partial charge in [-0.25, -0.2) is 18.8 Å². The van der Waals surface area contributed by atoms with Crippen molar-refractivity contribution < 1.29 is 13.2 Å². The second-order valence-corrected chi connectivity index (χ2v) is 12.1. The number of rotatable bonds is 6. The van der Waals surface area contributed by atoms with E-state index in [1.165, 1.54) is 10.6 Å². The molecule has 0 unspecified atom stereocenters. The standard InChI is InChI=1S/C24H28N8O3S2/c1-37(33,34)32-8-6-30(7-9-32)21-14-20-22(36-21)23(31-10-12-35-13-11-31)28-24(27-20)29-26-16-17-15-25-19-5-3-2-4-18(17)19/h2-5,14-16,25H,6-13H2,1H3,(H,27,28,29)/b26-16+. The number of anilines is 3. The number of para-hydroxylation sites is 1. The SMILES string of the molecule is CS(=O)(=O)N1CCN(c2cc3nc(N/N=C/c4c[nH]c5ccccc45)nc(N4CCOCC4)c3s2)CC1. The third-order valence-electron chi connectivity index (χ3n) is 6.66. The molecule has 4 aromatic rings. The number of ether oxygens (including phenoxy) is 1. The molecule has 0 radical (unpaired) electrons. The number of hydrogen-bond acceptors (Lipinski definition) is 10. The molecule has 2 N–H and O–H groups in total. The number of thiophene rings is 1. The van der Waals surface area contributed by atoms with E-state index in [9.17, 15) is 8.42 Å². The van der Waals surface area contributed by atoms with Crippen LogP contribution in [0.2, 0.25) is 0 Å². The van der Waals surface area contributed by atoms with Crippen LogP contribution in [0.5, 0.6) is 0 Å². The largest absolute Gasteiger partial charge is 0.378 e. The predicted molar refractivity (Wildman–Crippen MR) is 149 cm³/mol. The summed E-state index contributed by atoms with van der Waals surface area (Å²) in [6, 6.07) is 10.1. The first-order chi connectivity index (χ1) is 18.0. The van der Waals surface area contributed by atoms with Gasteiger partial charge in [-0.3, -0.25) is 0 Å². The van der Waals surface area contributed by atoms with Crippen LogP contribution in [0, 0.1) is 0 Å². The van der Waals surface area contributed by atoms with Crippen LogP contribution in [0.25, 0.3) is 21.1 Å². The predicted octanol–water partition coefficient (Wildman–Crippen LogP) is 2.54. The quantitative estimate of drug-likeness (QED) is 0.283. The van der Waals surface area contributed by atoms with Gasteiger partial charge in [0.05, 0.1) is 40.9 Å². The summed E-state index contributed by atoms with van der Waals surface area (Å²) in [7, 11) is -3.17. The maximum absolute atomic E-state index is 11.9. The normalized spacial score (nSPS) is 17.9. The Balaban J connectivity index is 1.28. The maximum atomic E-state index is 11.9. The van der Waals surface area contributed by atoms with Crippen LogP contribution in [0.4, 0.5) is 16.8 Å². The molecule has 5 heterocycles. The summed E-state index contributed by atoms with van der Waals surface area (Å²) in [6.07, 6.45) is 4.96. The minimum atomic E-state index is -3.17. The fraction of sp³-hybridized carbons (Fsp3) is 0.375. The first kappa shape index (κ1) is 24.1. The highest BCUT2D eigenvalue weighted by molar-refractivity contribution is 7.88. The summed E-state index contributed by atoms with van der Waals surface area (Å²) in [5.74, 6) is 1.29.